The van der Waals surface area contributed by atoms with Crippen LogP contribution in [0.2, 0.25) is 5.02 Å². The Hall–Kier alpha value is -1.22. The van der Waals surface area contributed by atoms with Crippen molar-refractivity contribution >= 4 is 23.2 Å². The average Bonchev–Trinajstić information content (AvgIpc) is 2.14. The normalized spacial score (nSPS) is 11.1. The third-order valence-electron chi connectivity index (χ3n) is 2.13. The Morgan fingerprint density at radius 1 is 1.41 bits per heavy atom. The maximum absolute atomic E-state index is 11.7. The lowest BCUT2D eigenvalue weighted by atomic mass is 9.92. The van der Waals surface area contributed by atoms with E-state index in [9.17, 15) is 4.79 Å². The van der Waals surface area contributed by atoms with Crippen LogP contribution in [-0.4, -0.2) is 13.0 Å². The summed E-state index contributed by atoms with van der Waals surface area (Å²) >= 11 is 5.97. The van der Waals surface area contributed by atoms with Gasteiger partial charge in [0.2, 0.25) is 5.91 Å². The summed E-state index contributed by atoms with van der Waals surface area (Å²) in [5.74, 6) is 0.583. The van der Waals surface area contributed by atoms with Gasteiger partial charge in [0.05, 0.1) is 12.1 Å². The Kier molecular flexibility index (Phi) is 4.40. The molecule has 3 nitrogen and oxygen atoms in total. The molecule has 1 rings (SSSR count). The van der Waals surface area contributed by atoms with Crippen LogP contribution in [0.25, 0.3) is 0 Å². The average molecular weight is 256 g/mol. The second-order valence-corrected chi connectivity index (χ2v) is 5.54. The van der Waals surface area contributed by atoms with E-state index >= 15 is 0 Å². The Morgan fingerprint density at radius 2 is 2.06 bits per heavy atom. The highest BCUT2D eigenvalue weighted by atomic mass is 35.5. The molecule has 1 N–H and O–H groups in total. The highest BCUT2D eigenvalue weighted by Gasteiger charge is 2.16. The van der Waals surface area contributed by atoms with Crippen LogP contribution in [0.5, 0.6) is 5.75 Å². The SMILES string of the molecule is COc1ccc(NC(=O)CC(C)(C)C)cc1Cl. The highest BCUT2D eigenvalue weighted by Crippen LogP contribution is 2.27. The van der Waals surface area contributed by atoms with Gasteiger partial charge in [0.1, 0.15) is 5.75 Å². The lowest BCUT2D eigenvalue weighted by Crippen LogP contribution is -2.19. The quantitative estimate of drug-likeness (QED) is 0.894. The second kappa shape index (κ2) is 5.41. The Balaban J connectivity index is 2.69. The smallest absolute Gasteiger partial charge is 0.224 e. The number of anilines is 1. The lowest BCUT2D eigenvalue weighted by Gasteiger charge is -2.17. The minimum atomic E-state index is -0.0274. The molecule has 4 heteroatoms. The molecule has 0 saturated carbocycles. The standard InChI is InChI=1S/C13H18ClNO2/c1-13(2,3)8-12(16)15-9-5-6-11(17-4)10(14)7-9/h5-7H,8H2,1-4H3,(H,15,16). The molecule has 17 heavy (non-hydrogen) atoms. The predicted octanol–water partition coefficient (Wildman–Crippen LogP) is 3.72. The van der Waals surface area contributed by atoms with Crippen molar-refractivity contribution in [2.24, 2.45) is 5.41 Å². The van der Waals surface area contributed by atoms with Gasteiger partial charge in [-0.25, -0.2) is 0 Å². The van der Waals surface area contributed by atoms with Gasteiger partial charge in [-0.3, -0.25) is 4.79 Å². The molecule has 0 aromatic heterocycles. The summed E-state index contributed by atoms with van der Waals surface area (Å²) in [5.41, 5.74) is 0.658. The zero-order chi connectivity index (χ0) is 13.1. The lowest BCUT2D eigenvalue weighted by molar-refractivity contribution is -0.117. The minimum Gasteiger partial charge on any atom is -0.495 e. The first-order chi connectivity index (χ1) is 7.81. The number of hydrogen-bond acceptors (Lipinski definition) is 2. The van der Waals surface area contributed by atoms with Gasteiger partial charge in [0, 0.05) is 12.1 Å². The van der Waals surface area contributed by atoms with Gasteiger partial charge in [-0.05, 0) is 23.6 Å². The first-order valence-electron chi connectivity index (χ1n) is 5.45. The van der Waals surface area contributed by atoms with Crippen LogP contribution in [0.3, 0.4) is 0 Å². The first kappa shape index (κ1) is 13.8. The van der Waals surface area contributed by atoms with Gasteiger partial charge in [0.15, 0.2) is 0 Å². The van der Waals surface area contributed by atoms with E-state index in [1.165, 1.54) is 0 Å². The number of ether oxygens (including phenoxy) is 1. The molecule has 0 radical (unpaired) electrons. The van der Waals surface area contributed by atoms with Crippen LogP contribution < -0.4 is 10.1 Å². The molecular formula is C13H18ClNO2. The number of methoxy groups -OCH3 is 1. The second-order valence-electron chi connectivity index (χ2n) is 5.13. The number of carbonyl (C=O) groups excluding carboxylic acids is 1. The number of carbonyl (C=O) groups is 1. The third-order valence-corrected chi connectivity index (χ3v) is 2.42. The van der Waals surface area contributed by atoms with Crippen LogP contribution in [0.1, 0.15) is 27.2 Å². The van der Waals surface area contributed by atoms with Gasteiger partial charge >= 0.3 is 0 Å². The summed E-state index contributed by atoms with van der Waals surface area (Å²) < 4.78 is 5.04. The summed E-state index contributed by atoms with van der Waals surface area (Å²) in [6, 6.07) is 5.18. The number of rotatable bonds is 3. The van der Waals surface area contributed by atoms with Crippen LogP contribution in [-0.2, 0) is 4.79 Å². The molecule has 0 atom stereocenters. The molecule has 0 aliphatic rings. The van der Waals surface area contributed by atoms with Crippen molar-refractivity contribution in [2.75, 3.05) is 12.4 Å². The first-order valence-corrected chi connectivity index (χ1v) is 5.83. The molecular weight excluding hydrogens is 238 g/mol. The molecule has 1 amide bonds. The van der Waals surface area contributed by atoms with Crippen molar-refractivity contribution in [2.45, 2.75) is 27.2 Å². The molecule has 0 heterocycles. The van der Waals surface area contributed by atoms with E-state index in [4.69, 9.17) is 16.3 Å². The summed E-state index contributed by atoms with van der Waals surface area (Å²) in [6.45, 7) is 6.06. The van der Waals surface area contributed by atoms with E-state index < -0.39 is 0 Å². The zero-order valence-electron chi connectivity index (χ0n) is 10.6. The van der Waals surface area contributed by atoms with Gasteiger partial charge < -0.3 is 10.1 Å². The number of halogens is 1. The summed E-state index contributed by atoms with van der Waals surface area (Å²) in [7, 11) is 1.55. The number of nitrogens with one attached hydrogen (secondary N) is 1. The van der Waals surface area contributed by atoms with Gasteiger partial charge in [-0.1, -0.05) is 32.4 Å². The molecule has 0 unspecified atom stereocenters. The van der Waals surface area contributed by atoms with E-state index in [1.807, 2.05) is 20.8 Å². The molecule has 1 aromatic carbocycles. The topological polar surface area (TPSA) is 38.3 Å². The Morgan fingerprint density at radius 3 is 2.53 bits per heavy atom. The molecule has 0 fully saturated rings. The third kappa shape index (κ3) is 4.65. The van der Waals surface area contributed by atoms with Crippen LogP contribution >= 0.6 is 11.6 Å². The van der Waals surface area contributed by atoms with Gasteiger partial charge in [-0.2, -0.15) is 0 Å². The predicted molar refractivity (Wildman–Crippen MR) is 70.7 cm³/mol. The fourth-order valence-electron chi connectivity index (χ4n) is 1.43. The van der Waals surface area contributed by atoms with Crippen LogP contribution in [0.4, 0.5) is 5.69 Å². The molecule has 0 aliphatic heterocycles. The molecule has 1 aromatic rings. The van der Waals surface area contributed by atoms with E-state index in [0.717, 1.165) is 0 Å². The highest BCUT2D eigenvalue weighted by molar-refractivity contribution is 6.32. The van der Waals surface area contributed by atoms with Crippen molar-refractivity contribution in [1.29, 1.82) is 0 Å². The maximum atomic E-state index is 11.7. The van der Waals surface area contributed by atoms with Crippen molar-refractivity contribution in [3.8, 4) is 5.75 Å². The van der Waals surface area contributed by atoms with Crippen LogP contribution in [0, 0.1) is 5.41 Å². The fraction of sp³-hybridized carbons (Fsp3) is 0.462. The molecule has 0 saturated heterocycles. The molecule has 0 aliphatic carbocycles. The zero-order valence-corrected chi connectivity index (χ0v) is 11.4. The largest absolute Gasteiger partial charge is 0.495 e. The Labute approximate surface area is 107 Å². The van der Waals surface area contributed by atoms with E-state index in [0.29, 0.717) is 22.9 Å². The van der Waals surface area contributed by atoms with Crippen molar-refractivity contribution in [3.63, 3.8) is 0 Å². The molecule has 0 bridgehead atoms. The molecule has 0 spiro atoms. The van der Waals surface area contributed by atoms with Crippen molar-refractivity contribution in [1.82, 2.24) is 0 Å². The maximum Gasteiger partial charge on any atom is 0.224 e. The number of hydrogen-bond donors (Lipinski definition) is 1. The van der Waals surface area contributed by atoms with Crippen molar-refractivity contribution < 1.29 is 9.53 Å². The van der Waals surface area contributed by atoms with Crippen LogP contribution in [0.15, 0.2) is 18.2 Å². The van der Waals surface area contributed by atoms with Crippen molar-refractivity contribution in [3.05, 3.63) is 23.2 Å². The monoisotopic (exact) mass is 255 g/mol. The van der Waals surface area contributed by atoms with Gasteiger partial charge in [-0.15, -0.1) is 0 Å². The van der Waals surface area contributed by atoms with Gasteiger partial charge in [0.25, 0.3) is 0 Å². The fourth-order valence-corrected chi connectivity index (χ4v) is 1.69. The number of amides is 1. The summed E-state index contributed by atoms with van der Waals surface area (Å²) in [4.78, 5) is 11.7. The van der Waals surface area contributed by atoms with E-state index in [2.05, 4.69) is 5.32 Å². The summed E-state index contributed by atoms with van der Waals surface area (Å²) in [6.07, 6.45) is 0.469. The minimum absolute atomic E-state index is 0.0151. The Bertz CT molecular complexity index is 410. The van der Waals surface area contributed by atoms with E-state index in [-0.39, 0.29) is 11.3 Å². The number of benzene rings is 1. The summed E-state index contributed by atoms with van der Waals surface area (Å²) in [5, 5.41) is 3.30. The van der Waals surface area contributed by atoms with E-state index in [1.54, 1.807) is 25.3 Å². The molecule has 94 valence electrons.